The van der Waals surface area contributed by atoms with E-state index in [4.69, 9.17) is 51.5 Å². The van der Waals surface area contributed by atoms with Crippen LogP contribution in [0, 0.1) is 12.8 Å². The Morgan fingerprint density at radius 3 is 2.35 bits per heavy atom. The van der Waals surface area contributed by atoms with Crippen LogP contribution in [0.1, 0.15) is 17.0 Å². The van der Waals surface area contributed by atoms with E-state index in [9.17, 15) is 4.79 Å². The van der Waals surface area contributed by atoms with Crippen molar-refractivity contribution in [2.45, 2.75) is 17.2 Å². The highest BCUT2D eigenvalue weighted by Crippen LogP contribution is 2.65. The van der Waals surface area contributed by atoms with E-state index in [1.807, 2.05) is 0 Å². The molecule has 0 unspecified atom stereocenters. The molecule has 1 fully saturated rings. The van der Waals surface area contributed by atoms with Crippen LogP contribution in [0.5, 0.6) is 0 Å². The third-order valence-electron chi connectivity index (χ3n) is 2.91. The number of carboxylic acids is 1. The second-order valence-corrected chi connectivity index (χ2v) is 6.33. The zero-order chi connectivity index (χ0) is 13.0. The SMILES string of the molecule is Cc1cc([C@H]2[C@H](C(=O)O)C2(Cl)Cl)cc(Cl)c1Cl. The summed E-state index contributed by atoms with van der Waals surface area (Å²) in [4.78, 5) is 11.0. The van der Waals surface area contributed by atoms with Gasteiger partial charge in [0.15, 0.2) is 0 Å². The maximum absolute atomic E-state index is 11.0. The van der Waals surface area contributed by atoms with Crippen molar-refractivity contribution >= 4 is 52.4 Å². The monoisotopic (exact) mass is 312 g/mol. The number of rotatable bonds is 2. The second-order valence-electron chi connectivity index (χ2n) is 4.10. The summed E-state index contributed by atoms with van der Waals surface area (Å²) in [6, 6.07) is 3.38. The van der Waals surface area contributed by atoms with E-state index in [0.29, 0.717) is 15.6 Å². The van der Waals surface area contributed by atoms with Crippen LogP contribution < -0.4 is 0 Å². The summed E-state index contributed by atoms with van der Waals surface area (Å²) >= 11 is 23.8. The highest BCUT2D eigenvalue weighted by atomic mass is 35.5. The number of carbonyl (C=O) groups is 1. The van der Waals surface area contributed by atoms with Gasteiger partial charge in [0.05, 0.1) is 16.0 Å². The molecule has 2 nitrogen and oxygen atoms in total. The van der Waals surface area contributed by atoms with Crippen molar-refractivity contribution in [2.24, 2.45) is 5.92 Å². The summed E-state index contributed by atoms with van der Waals surface area (Å²) in [5.41, 5.74) is 1.48. The number of aryl methyl sites for hydroxylation is 1. The molecular weight excluding hydrogens is 306 g/mol. The third-order valence-corrected chi connectivity index (χ3v) is 4.75. The molecular formula is C11H8Cl4O2. The van der Waals surface area contributed by atoms with Gasteiger partial charge in [0.2, 0.25) is 0 Å². The largest absolute Gasteiger partial charge is 0.481 e. The quantitative estimate of drug-likeness (QED) is 0.828. The van der Waals surface area contributed by atoms with E-state index >= 15 is 0 Å². The molecule has 6 heteroatoms. The topological polar surface area (TPSA) is 37.3 Å². The molecule has 1 N–H and O–H groups in total. The third kappa shape index (κ3) is 2.12. The lowest BCUT2D eigenvalue weighted by molar-refractivity contribution is -0.138. The Bertz CT molecular complexity index is 475. The fraction of sp³-hybridized carbons (Fsp3) is 0.364. The Morgan fingerprint density at radius 1 is 1.35 bits per heavy atom. The van der Waals surface area contributed by atoms with Crippen molar-refractivity contribution in [3.05, 3.63) is 33.3 Å². The molecule has 1 aromatic rings. The van der Waals surface area contributed by atoms with Gasteiger partial charge in [-0.3, -0.25) is 4.79 Å². The van der Waals surface area contributed by atoms with Crippen molar-refractivity contribution in [3.63, 3.8) is 0 Å². The molecule has 0 saturated heterocycles. The van der Waals surface area contributed by atoms with Gasteiger partial charge in [-0.25, -0.2) is 0 Å². The summed E-state index contributed by atoms with van der Waals surface area (Å²) in [6.07, 6.45) is 0. The molecule has 2 rings (SSSR count). The standard InChI is InChI=1S/C11H8Cl4O2/c1-4-2-5(3-6(12)9(4)13)7-8(10(16)17)11(7,14)15/h2-3,7-8H,1H3,(H,16,17)/t7-,8+/m0/s1. The molecule has 0 amide bonds. The number of halogens is 4. The minimum atomic E-state index is -1.27. The summed E-state index contributed by atoms with van der Waals surface area (Å²) in [6.45, 7) is 1.79. The first kappa shape index (κ1) is 13.3. The predicted molar refractivity (Wildman–Crippen MR) is 69.5 cm³/mol. The normalized spacial score (nSPS) is 25.7. The molecule has 0 aliphatic heterocycles. The van der Waals surface area contributed by atoms with E-state index < -0.39 is 22.1 Å². The van der Waals surface area contributed by atoms with Crippen LogP contribution in [0.25, 0.3) is 0 Å². The number of hydrogen-bond acceptors (Lipinski definition) is 1. The van der Waals surface area contributed by atoms with E-state index in [1.54, 1.807) is 19.1 Å². The van der Waals surface area contributed by atoms with Crippen molar-refractivity contribution in [3.8, 4) is 0 Å². The lowest BCUT2D eigenvalue weighted by Gasteiger charge is -2.06. The van der Waals surface area contributed by atoms with E-state index in [-0.39, 0.29) is 0 Å². The molecule has 1 aliphatic rings. The molecule has 0 spiro atoms. The number of carboxylic acid groups (broad SMARTS) is 1. The van der Waals surface area contributed by atoms with E-state index in [1.165, 1.54) is 0 Å². The van der Waals surface area contributed by atoms with E-state index in [0.717, 1.165) is 5.56 Å². The highest BCUT2D eigenvalue weighted by molar-refractivity contribution is 6.53. The molecule has 1 aliphatic carbocycles. The van der Waals surface area contributed by atoms with Crippen LogP contribution in [0.4, 0.5) is 0 Å². The van der Waals surface area contributed by atoms with Gasteiger partial charge in [0.1, 0.15) is 4.33 Å². The number of hydrogen-bond donors (Lipinski definition) is 1. The number of aliphatic carboxylic acids is 1. The first-order valence-electron chi connectivity index (χ1n) is 4.83. The van der Waals surface area contributed by atoms with Crippen molar-refractivity contribution < 1.29 is 9.90 Å². The Hall–Kier alpha value is -0.150. The minimum Gasteiger partial charge on any atom is -0.481 e. The lowest BCUT2D eigenvalue weighted by Crippen LogP contribution is -2.03. The number of alkyl halides is 2. The molecule has 0 heterocycles. The summed E-state index contributed by atoms with van der Waals surface area (Å²) in [5.74, 6) is -2.26. The fourth-order valence-electron chi connectivity index (χ4n) is 1.98. The van der Waals surface area contributed by atoms with E-state index in [2.05, 4.69) is 0 Å². The minimum absolute atomic E-state index is 0.377. The van der Waals surface area contributed by atoms with Gasteiger partial charge in [-0.15, -0.1) is 0 Å². The van der Waals surface area contributed by atoms with Gasteiger partial charge in [0, 0.05) is 5.92 Å². The lowest BCUT2D eigenvalue weighted by atomic mass is 10.1. The summed E-state index contributed by atoms with van der Waals surface area (Å²) < 4.78 is -1.27. The van der Waals surface area contributed by atoms with Crippen LogP contribution in [0.3, 0.4) is 0 Å². The van der Waals surface area contributed by atoms with Crippen molar-refractivity contribution in [1.82, 2.24) is 0 Å². The van der Waals surface area contributed by atoms with Crippen molar-refractivity contribution in [1.29, 1.82) is 0 Å². The maximum Gasteiger partial charge on any atom is 0.310 e. The average Bonchev–Trinajstić information content (AvgIpc) is 2.77. The summed E-state index contributed by atoms with van der Waals surface area (Å²) in [7, 11) is 0. The molecule has 1 aromatic carbocycles. The molecule has 1 saturated carbocycles. The first-order valence-corrected chi connectivity index (χ1v) is 6.34. The molecule has 0 radical (unpaired) electrons. The fourth-order valence-corrected chi connectivity index (χ4v) is 3.18. The van der Waals surface area contributed by atoms with Gasteiger partial charge in [0.25, 0.3) is 0 Å². The molecule has 17 heavy (non-hydrogen) atoms. The van der Waals surface area contributed by atoms with Gasteiger partial charge in [-0.05, 0) is 24.1 Å². The average molecular weight is 314 g/mol. The Labute approximate surface area is 118 Å². The number of benzene rings is 1. The predicted octanol–water partition coefficient (Wildman–Crippen LogP) is 4.27. The molecule has 0 aromatic heterocycles. The zero-order valence-electron chi connectivity index (χ0n) is 8.68. The first-order chi connectivity index (χ1) is 7.76. The summed E-state index contributed by atoms with van der Waals surface area (Å²) in [5, 5.41) is 9.82. The maximum atomic E-state index is 11.0. The van der Waals surface area contributed by atoms with Crippen LogP contribution in [-0.2, 0) is 4.79 Å². The molecule has 2 atom stereocenters. The van der Waals surface area contributed by atoms with Crippen LogP contribution in [0.2, 0.25) is 10.0 Å². The highest BCUT2D eigenvalue weighted by Gasteiger charge is 2.68. The van der Waals surface area contributed by atoms with Gasteiger partial charge in [-0.2, -0.15) is 0 Å². The Kier molecular flexibility index (Phi) is 3.28. The van der Waals surface area contributed by atoms with Gasteiger partial charge in [-0.1, -0.05) is 52.5 Å². The van der Waals surface area contributed by atoms with Crippen LogP contribution in [-0.4, -0.2) is 15.4 Å². The molecule has 92 valence electrons. The zero-order valence-corrected chi connectivity index (χ0v) is 11.7. The second kappa shape index (κ2) is 4.20. The van der Waals surface area contributed by atoms with Crippen LogP contribution in [0.15, 0.2) is 12.1 Å². The smallest absolute Gasteiger partial charge is 0.310 e. The Morgan fingerprint density at radius 2 is 1.94 bits per heavy atom. The van der Waals surface area contributed by atoms with Gasteiger partial charge >= 0.3 is 5.97 Å². The molecule has 0 bridgehead atoms. The Balaban J connectivity index is 2.41. The van der Waals surface area contributed by atoms with Gasteiger partial charge < -0.3 is 5.11 Å². The van der Waals surface area contributed by atoms with Crippen LogP contribution >= 0.6 is 46.4 Å². The van der Waals surface area contributed by atoms with Crippen molar-refractivity contribution in [2.75, 3.05) is 0 Å².